The molecule has 0 spiro atoms. The maximum Gasteiger partial charge on any atom is 0.321 e. The van der Waals surface area contributed by atoms with Gasteiger partial charge in [0.15, 0.2) is 0 Å². The summed E-state index contributed by atoms with van der Waals surface area (Å²) in [6, 6.07) is 9.08. The molecule has 0 radical (unpaired) electrons. The molecule has 2 aliphatic rings. The minimum Gasteiger partial charge on any atom is -0.321 e. The Labute approximate surface area is 149 Å². The second kappa shape index (κ2) is 6.64. The average molecular weight is 338 g/mol. The number of nitrogens with zero attached hydrogens (tertiary/aromatic N) is 3. The van der Waals surface area contributed by atoms with Gasteiger partial charge in [0.2, 0.25) is 0 Å². The van der Waals surface area contributed by atoms with E-state index in [1.54, 1.807) is 6.20 Å². The standard InChI is InChI=1S/C20H26N4O/c1-14-8-9-18(17-7-5-10-21-19(14)17)22-20(25)23-12-16(13-23)24-11-4-3-6-15(24)2/h5,7-10,15-16H,3-4,6,11-13H2,1-2H3,(H,22,25). The van der Waals surface area contributed by atoms with Crippen molar-refractivity contribution in [1.29, 1.82) is 0 Å². The van der Waals surface area contributed by atoms with Crippen LogP contribution in [0.2, 0.25) is 0 Å². The van der Waals surface area contributed by atoms with Crippen LogP contribution in [-0.4, -0.2) is 52.5 Å². The molecule has 0 saturated carbocycles. The number of hydrogen-bond donors (Lipinski definition) is 1. The van der Waals surface area contributed by atoms with E-state index in [9.17, 15) is 4.79 Å². The fourth-order valence-corrected chi connectivity index (χ4v) is 4.11. The van der Waals surface area contributed by atoms with Gasteiger partial charge in [-0.1, -0.05) is 12.5 Å². The van der Waals surface area contributed by atoms with Gasteiger partial charge < -0.3 is 10.2 Å². The first-order valence-corrected chi connectivity index (χ1v) is 9.29. The Morgan fingerprint density at radius 2 is 2.08 bits per heavy atom. The first kappa shape index (κ1) is 16.3. The number of pyridine rings is 1. The van der Waals surface area contributed by atoms with Gasteiger partial charge in [-0.05, 0) is 57.0 Å². The summed E-state index contributed by atoms with van der Waals surface area (Å²) in [5.41, 5.74) is 2.91. The van der Waals surface area contributed by atoms with Crippen LogP contribution in [0.5, 0.6) is 0 Å². The van der Waals surface area contributed by atoms with Crippen molar-refractivity contribution in [2.45, 2.75) is 45.2 Å². The largest absolute Gasteiger partial charge is 0.321 e. The normalized spacial score (nSPS) is 22.0. The number of amides is 2. The van der Waals surface area contributed by atoms with Crippen molar-refractivity contribution < 1.29 is 4.79 Å². The van der Waals surface area contributed by atoms with Crippen LogP contribution in [0.1, 0.15) is 31.7 Å². The zero-order chi connectivity index (χ0) is 17.4. The first-order chi connectivity index (χ1) is 12.1. The summed E-state index contributed by atoms with van der Waals surface area (Å²) in [6.45, 7) is 7.19. The van der Waals surface area contributed by atoms with E-state index in [2.05, 4.69) is 22.1 Å². The number of carbonyl (C=O) groups excluding carboxylic acids is 1. The highest BCUT2D eigenvalue weighted by molar-refractivity contribution is 6.01. The average Bonchev–Trinajstić information content (AvgIpc) is 2.58. The number of benzene rings is 1. The quantitative estimate of drug-likeness (QED) is 0.909. The molecule has 2 aliphatic heterocycles. The Hall–Kier alpha value is -2.14. The summed E-state index contributed by atoms with van der Waals surface area (Å²) in [7, 11) is 0. The van der Waals surface area contributed by atoms with E-state index < -0.39 is 0 Å². The van der Waals surface area contributed by atoms with Gasteiger partial charge in [0, 0.05) is 36.8 Å². The molecule has 0 aliphatic carbocycles. The lowest BCUT2D eigenvalue weighted by molar-refractivity contribution is 0.0199. The van der Waals surface area contributed by atoms with Gasteiger partial charge in [0.1, 0.15) is 0 Å². The Kier molecular flexibility index (Phi) is 4.34. The number of urea groups is 1. The maximum absolute atomic E-state index is 12.6. The van der Waals surface area contributed by atoms with Crippen LogP contribution in [0.4, 0.5) is 10.5 Å². The zero-order valence-corrected chi connectivity index (χ0v) is 15.0. The van der Waals surface area contributed by atoms with Crippen molar-refractivity contribution in [1.82, 2.24) is 14.8 Å². The van der Waals surface area contributed by atoms with Crippen LogP contribution in [0.25, 0.3) is 10.9 Å². The van der Waals surface area contributed by atoms with Crippen LogP contribution < -0.4 is 5.32 Å². The number of nitrogens with one attached hydrogen (secondary N) is 1. The number of anilines is 1. The summed E-state index contributed by atoms with van der Waals surface area (Å²) in [4.78, 5) is 21.5. The molecule has 1 atom stereocenters. The summed E-state index contributed by atoms with van der Waals surface area (Å²) in [5, 5.41) is 4.08. The molecular weight excluding hydrogens is 312 g/mol. The fourth-order valence-electron chi connectivity index (χ4n) is 4.11. The second-order valence-electron chi connectivity index (χ2n) is 7.40. The van der Waals surface area contributed by atoms with Crippen molar-refractivity contribution in [3.63, 3.8) is 0 Å². The molecule has 3 heterocycles. The Balaban J connectivity index is 1.42. The number of likely N-dealkylation sites (tertiary alicyclic amines) is 2. The Bertz CT molecular complexity index is 784. The van der Waals surface area contributed by atoms with Crippen LogP contribution >= 0.6 is 0 Å². The van der Waals surface area contributed by atoms with Crippen LogP contribution in [0.15, 0.2) is 30.5 Å². The lowest BCUT2D eigenvalue weighted by Gasteiger charge is -2.49. The van der Waals surface area contributed by atoms with E-state index in [1.807, 2.05) is 36.1 Å². The number of aromatic nitrogens is 1. The summed E-state index contributed by atoms with van der Waals surface area (Å²) >= 11 is 0. The SMILES string of the molecule is Cc1ccc(NC(=O)N2CC(N3CCCCC3C)C2)c2cccnc12. The number of rotatable bonds is 2. The van der Waals surface area contributed by atoms with E-state index in [0.717, 1.165) is 35.2 Å². The van der Waals surface area contributed by atoms with E-state index in [4.69, 9.17) is 0 Å². The number of fused-ring (bicyclic) bond motifs is 1. The molecule has 2 aromatic rings. The van der Waals surface area contributed by atoms with Crippen LogP contribution in [0.3, 0.4) is 0 Å². The minimum absolute atomic E-state index is 0.00470. The topological polar surface area (TPSA) is 48.5 Å². The van der Waals surface area contributed by atoms with E-state index in [-0.39, 0.29) is 6.03 Å². The number of carbonyl (C=O) groups is 1. The highest BCUT2D eigenvalue weighted by atomic mass is 16.2. The number of piperidine rings is 1. The molecule has 0 bridgehead atoms. The van der Waals surface area contributed by atoms with Gasteiger partial charge in [0.25, 0.3) is 0 Å². The predicted molar refractivity (Wildman–Crippen MR) is 101 cm³/mol. The van der Waals surface area contributed by atoms with Crippen molar-refractivity contribution in [3.05, 3.63) is 36.0 Å². The second-order valence-corrected chi connectivity index (χ2v) is 7.40. The van der Waals surface area contributed by atoms with Gasteiger partial charge in [-0.3, -0.25) is 9.88 Å². The fraction of sp³-hybridized carbons (Fsp3) is 0.500. The Morgan fingerprint density at radius 3 is 2.88 bits per heavy atom. The summed E-state index contributed by atoms with van der Waals surface area (Å²) < 4.78 is 0. The molecule has 1 aromatic carbocycles. The van der Waals surface area contributed by atoms with Gasteiger partial charge in [-0.25, -0.2) is 4.79 Å². The van der Waals surface area contributed by atoms with E-state index in [0.29, 0.717) is 12.1 Å². The van der Waals surface area contributed by atoms with E-state index >= 15 is 0 Å². The summed E-state index contributed by atoms with van der Waals surface area (Å²) in [6.07, 6.45) is 5.70. The third kappa shape index (κ3) is 3.09. The molecule has 1 unspecified atom stereocenters. The monoisotopic (exact) mass is 338 g/mol. The van der Waals surface area contributed by atoms with E-state index in [1.165, 1.54) is 25.8 Å². The lowest BCUT2D eigenvalue weighted by atomic mass is 9.98. The zero-order valence-electron chi connectivity index (χ0n) is 15.0. The minimum atomic E-state index is -0.00470. The first-order valence-electron chi connectivity index (χ1n) is 9.29. The predicted octanol–water partition coefficient (Wildman–Crippen LogP) is 3.63. The molecule has 1 aromatic heterocycles. The molecule has 4 rings (SSSR count). The van der Waals surface area contributed by atoms with Gasteiger partial charge in [-0.2, -0.15) is 0 Å². The molecule has 25 heavy (non-hydrogen) atoms. The van der Waals surface area contributed by atoms with Crippen molar-refractivity contribution in [2.24, 2.45) is 0 Å². The molecule has 2 amide bonds. The highest BCUT2D eigenvalue weighted by Crippen LogP contribution is 2.27. The van der Waals surface area contributed by atoms with Crippen LogP contribution in [0, 0.1) is 6.92 Å². The van der Waals surface area contributed by atoms with Crippen molar-refractivity contribution in [3.8, 4) is 0 Å². The lowest BCUT2D eigenvalue weighted by Crippen LogP contribution is -2.64. The molecule has 2 saturated heterocycles. The smallest absolute Gasteiger partial charge is 0.321 e. The van der Waals surface area contributed by atoms with Gasteiger partial charge in [0.05, 0.1) is 11.2 Å². The Morgan fingerprint density at radius 1 is 1.24 bits per heavy atom. The van der Waals surface area contributed by atoms with Crippen molar-refractivity contribution >= 4 is 22.6 Å². The third-order valence-corrected chi connectivity index (χ3v) is 5.69. The van der Waals surface area contributed by atoms with Crippen LogP contribution in [-0.2, 0) is 0 Å². The molecule has 5 nitrogen and oxygen atoms in total. The molecule has 1 N–H and O–H groups in total. The van der Waals surface area contributed by atoms with Crippen molar-refractivity contribution in [2.75, 3.05) is 25.0 Å². The molecule has 5 heteroatoms. The molecular formula is C20H26N4O. The highest BCUT2D eigenvalue weighted by Gasteiger charge is 2.37. The molecule has 132 valence electrons. The summed E-state index contributed by atoms with van der Waals surface area (Å²) in [5.74, 6) is 0. The maximum atomic E-state index is 12.6. The number of aryl methyl sites for hydroxylation is 1. The molecule has 2 fully saturated rings. The third-order valence-electron chi connectivity index (χ3n) is 5.69. The van der Waals surface area contributed by atoms with Gasteiger partial charge in [-0.15, -0.1) is 0 Å². The van der Waals surface area contributed by atoms with Gasteiger partial charge >= 0.3 is 6.03 Å². The number of hydrogen-bond acceptors (Lipinski definition) is 3.